The molecule has 2 saturated heterocycles. The molecular weight excluding hydrogens is 322 g/mol. The van der Waals surface area contributed by atoms with Gasteiger partial charge in [-0.1, -0.05) is 0 Å². The quantitative estimate of drug-likeness (QED) is 0.828. The number of carbonyl (C=O) groups excluding carboxylic acids is 1. The van der Waals surface area contributed by atoms with Crippen molar-refractivity contribution in [2.75, 3.05) is 45.9 Å². The molecule has 3 heterocycles. The zero-order valence-corrected chi connectivity index (χ0v) is 15.0. The minimum absolute atomic E-state index is 0.303. The first-order valence-corrected chi connectivity index (χ1v) is 10.1. The van der Waals surface area contributed by atoms with Gasteiger partial charge in [0.2, 0.25) is 5.91 Å². The molecule has 3 aliphatic rings. The number of carbonyl (C=O) groups is 1. The molecule has 3 fully saturated rings. The third-order valence-corrected chi connectivity index (χ3v) is 6.38. The average molecular weight is 350 g/mol. The molecule has 132 valence electrons. The molecule has 0 spiro atoms. The van der Waals surface area contributed by atoms with Gasteiger partial charge in [-0.2, -0.15) is 11.3 Å². The van der Waals surface area contributed by atoms with E-state index in [-0.39, 0.29) is 0 Å². The lowest BCUT2D eigenvalue weighted by Crippen LogP contribution is -2.55. The van der Waals surface area contributed by atoms with Gasteiger partial charge < -0.3 is 9.64 Å². The number of thiophene rings is 1. The first-order valence-electron chi connectivity index (χ1n) is 9.16. The Bertz CT molecular complexity index is 542. The molecule has 0 radical (unpaired) electrons. The molecular formula is C18H27N3O2S. The van der Waals surface area contributed by atoms with Gasteiger partial charge in [0.15, 0.2) is 0 Å². The molecule has 0 aromatic carbocycles. The zero-order chi connectivity index (χ0) is 16.4. The molecule has 5 nitrogen and oxygen atoms in total. The van der Waals surface area contributed by atoms with Crippen LogP contribution in [0.2, 0.25) is 0 Å². The SMILES string of the molecule is O=C(CN1CCO[C@@H]2CCC[C@H]21)N1CCN(Cc2ccsc2)CC1. The van der Waals surface area contributed by atoms with Crippen LogP contribution >= 0.6 is 11.3 Å². The number of rotatable bonds is 4. The van der Waals surface area contributed by atoms with Gasteiger partial charge in [-0.05, 0) is 41.7 Å². The fourth-order valence-electron chi connectivity index (χ4n) is 4.27. The maximum Gasteiger partial charge on any atom is 0.236 e. The molecule has 1 aromatic heterocycles. The van der Waals surface area contributed by atoms with E-state index in [9.17, 15) is 4.79 Å². The number of piperazine rings is 1. The van der Waals surface area contributed by atoms with Crippen molar-refractivity contribution in [3.05, 3.63) is 22.4 Å². The van der Waals surface area contributed by atoms with E-state index in [1.807, 2.05) is 0 Å². The summed E-state index contributed by atoms with van der Waals surface area (Å²) in [6, 6.07) is 2.67. The predicted octanol–water partition coefficient (Wildman–Crippen LogP) is 1.65. The third-order valence-electron chi connectivity index (χ3n) is 5.65. The molecule has 1 aliphatic carbocycles. The summed E-state index contributed by atoms with van der Waals surface area (Å²) in [5, 5.41) is 4.35. The Hall–Kier alpha value is -0.950. The van der Waals surface area contributed by atoms with Crippen LogP contribution in [-0.2, 0) is 16.1 Å². The van der Waals surface area contributed by atoms with Crippen LogP contribution in [0.3, 0.4) is 0 Å². The van der Waals surface area contributed by atoms with Crippen LogP contribution in [0.5, 0.6) is 0 Å². The minimum Gasteiger partial charge on any atom is -0.375 e. The highest BCUT2D eigenvalue weighted by molar-refractivity contribution is 7.07. The lowest BCUT2D eigenvalue weighted by molar-refractivity contribution is -0.138. The molecule has 4 rings (SSSR count). The highest BCUT2D eigenvalue weighted by atomic mass is 32.1. The van der Waals surface area contributed by atoms with E-state index in [0.29, 0.717) is 24.6 Å². The monoisotopic (exact) mass is 349 g/mol. The second-order valence-electron chi connectivity index (χ2n) is 7.17. The van der Waals surface area contributed by atoms with E-state index in [2.05, 4.69) is 31.5 Å². The van der Waals surface area contributed by atoms with Gasteiger partial charge in [-0.3, -0.25) is 14.6 Å². The fraction of sp³-hybridized carbons (Fsp3) is 0.722. The number of nitrogens with zero attached hydrogens (tertiary/aromatic N) is 3. The van der Waals surface area contributed by atoms with Crippen molar-refractivity contribution in [1.29, 1.82) is 0 Å². The highest BCUT2D eigenvalue weighted by Crippen LogP contribution is 2.29. The molecule has 1 saturated carbocycles. The molecule has 24 heavy (non-hydrogen) atoms. The van der Waals surface area contributed by atoms with E-state index in [1.54, 1.807) is 11.3 Å². The Kier molecular flexibility index (Phi) is 5.17. The smallest absolute Gasteiger partial charge is 0.236 e. The molecule has 1 aromatic rings. The maximum atomic E-state index is 12.7. The Balaban J connectivity index is 1.25. The summed E-state index contributed by atoms with van der Waals surface area (Å²) in [6.45, 7) is 6.97. The second-order valence-corrected chi connectivity index (χ2v) is 7.95. The first kappa shape index (κ1) is 16.5. The summed E-state index contributed by atoms with van der Waals surface area (Å²) in [5.41, 5.74) is 1.39. The van der Waals surface area contributed by atoms with Crippen molar-refractivity contribution in [2.45, 2.75) is 38.0 Å². The Morgan fingerprint density at radius 1 is 1.21 bits per heavy atom. The normalized spacial score (nSPS) is 28.9. The molecule has 6 heteroatoms. The lowest BCUT2D eigenvalue weighted by atomic mass is 10.1. The first-order chi connectivity index (χ1) is 11.8. The Morgan fingerprint density at radius 2 is 2.08 bits per heavy atom. The zero-order valence-electron chi connectivity index (χ0n) is 14.2. The number of fused-ring (bicyclic) bond motifs is 1. The molecule has 2 atom stereocenters. The third kappa shape index (κ3) is 3.67. The van der Waals surface area contributed by atoms with Crippen molar-refractivity contribution >= 4 is 17.2 Å². The molecule has 0 bridgehead atoms. The summed E-state index contributed by atoms with van der Waals surface area (Å²) in [4.78, 5) is 19.6. The maximum absolute atomic E-state index is 12.7. The summed E-state index contributed by atoms with van der Waals surface area (Å²) in [5.74, 6) is 0.303. The van der Waals surface area contributed by atoms with Gasteiger partial charge in [-0.25, -0.2) is 0 Å². The summed E-state index contributed by atoms with van der Waals surface area (Å²) < 4.78 is 5.85. The second kappa shape index (κ2) is 7.52. The van der Waals surface area contributed by atoms with Crippen molar-refractivity contribution in [2.24, 2.45) is 0 Å². The number of hydrogen-bond donors (Lipinski definition) is 0. The van der Waals surface area contributed by atoms with Crippen LogP contribution in [0.25, 0.3) is 0 Å². The largest absolute Gasteiger partial charge is 0.375 e. The van der Waals surface area contributed by atoms with Gasteiger partial charge in [0.25, 0.3) is 0 Å². The summed E-state index contributed by atoms with van der Waals surface area (Å²) in [6.07, 6.45) is 3.96. The lowest BCUT2D eigenvalue weighted by Gasteiger charge is -2.39. The van der Waals surface area contributed by atoms with E-state index in [4.69, 9.17) is 4.74 Å². The number of ether oxygens (including phenoxy) is 1. The predicted molar refractivity (Wildman–Crippen MR) is 95.1 cm³/mol. The van der Waals surface area contributed by atoms with Gasteiger partial charge in [0, 0.05) is 45.3 Å². The number of morpholine rings is 1. The van der Waals surface area contributed by atoms with Crippen molar-refractivity contribution < 1.29 is 9.53 Å². The Morgan fingerprint density at radius 3 is 2.88 bits per heavy atom. The summed E-state index contributed by atoms with van der Waals surface area (Å²) in [7, 11) is 0. The number of hydrogen-bond acceptors (Lipinski definition) is 5. The van der Waals surface area contributed by atoms with Gasteiger partial charge in [0.1, 0.15) is 0 Å². The van der Waals surface area contributed by atoms with E-state index in [1.165, 1.54) is 18.4 Å². The van der Waals surface area contributed by atoms with Crippen LogP contribution in [0, 0.1) is 0 Å². The topological polar surface area (TPSA) is 36.0 Å². The van der Waals surface area contributed by atoms with Crippen molar-refractivity contribution in [3.63, 3.8) is 0 Å². The van der Waals surface area contributed by atoms with Crippen LogP contribution in [0.1, 0.15) is 24.8 Å². The molecule has 2 aliphatic heterocycles. The average Bonchev–Trinajstić information content (AvgIpc) is 3.27. The number of amides is 1. The van der Waals surface area contributed by atoms with Gasteiger partial charge >= 0.3 is 0 Å². The standard InChI is InChI=1S/C18H27N3O2S/c22-18(13-21-9-10-23-17-3-1-2-16(17)21)20-7-5-19(6-8-20)12-15-4-11-24-14-15/h4,11,14,16-17H,1-3,5-10,12-13H2/t16-,17-/m1/s1. The summed E-state index contributed by atoms with van der Waals surface area (Å²) >= 11 is 1.75. The van der Waals surface area contributed by atoms with Crippen molar-refractivity contribution in [3.8, 4) is 0 Å². The van der Waals surface area contributed by atoms with Crippen LogP contribution in [0.4, 0.5) is 0 Å². The van der Waals surface area contributed by atoms with E-state index in [0.717, 1.165) is 52.3 Å². The van der Waals surface area contributed by atoms with Crippen LogP contribution in [0.15, 0.2) is 16.8 Å². The van der Waals surface area contributed by atoms with Crippen LogP contribution in [-0.4, -0.2) is 78.6 Å². The minimum atomic E-state index is 0.303. The van der Waals surface area contributed by atoms with Crippen molar-refractivity contribution in [1.82, 2.24) is 14.7 Å². The van der Waals surface area contributed by atoms with Gasteiger partial charge in [0.05, 0.1) is 19.3 Å². The van der Waals surface area contributed by atoms with E-state index >= 15 is 0 Å². The van der Waals surface area contributed by atoms with E-state index < -0.39 is 0 Å². The molecule has 1 amide bonds. The Labute approximate surface area is 148 Å². The fourth-order valence-corrected chi connectivity index (χ4v) is 4.93. The molecule has 0 unspecified atom stereocenters. The van der Waals surface area contributed by atoms with Crippen LogP contribution < -0.4 is 0 Å². The highest BCUT2D eigenvalue weighted by Gasteiger charge is 2.37. The van der Waals surface area contributed by atoms with Gasteiger partial charge in [-0.15, -0.1) is 0 Å². The molecule has 0 N–H and O–H groups in total.